The minimum Gasteiger partial charge on any atom is -0.356 e. The lowest BCUT2D eigenvalue weighted by Gasteiger charge is -2.08. The Labute approximate surface area is 104 Å². The zero-order chi connectivity index (χ0) is 13.1. The van der Waals surface area contributed by atoms with Crippen LogP contribution in [0.3, 0.4) is 0 Å². The molecule has 0 saturated heterocycles. The second-order valence-electron chi connectivity index (χ2n) is 4.50. The summed E-state index contributed by atoms with van der Waals surface area (Å²) in [6.45, 7) is 6.03. The molecular formula is C12H25N3O2. The van der Waals surface area contributed by atoms with Crippen LogP contribution in [0.15, 0.2) is 0 Å². The third-order valence-electron chi connectivity index (χ3n) is 2.21. The van der Waals surface area contributed by atoms with E-state index in [-0.39, 0.29) is 11.8 Å². The third kappa shape index (κ3) is 11.2. The Kier molecular flexibility index (Phi) is 9.43. The number of hydrogen-bond donors (Lipinski definition) is 3. The van der Waals surface area contributed by atoms with Gasteiger partial charge in [-0.15, -0.1) is 0 Å². The van der Waals surface area contributed by atoms with E-state index in [4.69, 9.17) is 0 Å². The van der Waals surface area contributed by atoms with Gasteiger partial charge in [-0.1, -0.05) is 13.8 Å². The summed E-state index contributed by atoms with van der Waals surface area (Å²) < 4.78 is 0. The van der Waals surface area contributed by atoms with Gasteiger partial charge in [0.1, 0.15) is 0 Å². The maximum absolute atomic E-state index is 11.3. The number of hydrogen-bond acceptors (Lipinski definition) is 3. The maximum Gasteiger partial charge on any atom is 0.221 e. The van der Waals surface area contributed by atoms with Crippen molar-refractivity contribution in [2.24, 2.45) is 5.92 Å². The Morgan fingerprint density at radius 1 is 1.00 bits per heavy atom. The molecule has 5 nitrogen and oxygen atoms in total. The lowest BCUT2D eigenvalue weighted by molar-refractivity contribution is -0.122. The summed E-state index contributed by atoms with van der Waals surface area (Å²) in [6, 6.07) is 0. The highest BCUT2D eigenvalue weighted by atomic mass is 16.2. The van der Waals surface area contributed by atoms with E-state index in [9.17, 15) is 9.59 Å². The number of amides is 2. The largest absolute Gasteiger partial charge is 0.356 e. The summed E-state index contributed by atoms with van der Waals surface area (Å²) in [5.74, 6) is 0.459. The fraction of sp³-hybridized carbons (Fsp3) is 0.833. The minimum absolute atomic E-state index is 0.00535. The zero-order valence-corrected chi connectivity index (χ0v) is 11.1. The van der Waals surface area contributed by atoms with Gasteiger partial charge in [-0.3, -0.25) is 9.59 Å². The molecule has 0 aromatic carbocycles. The summed E-state index contributed by atoms with van der Waals surface area (Å²) in [5, 5.41) is 8.52. The van der Waals surface area contributed by atoms with Gasteiger partial charge < -0.3 is 16.0 Å². The van der Waals surface area contributed by atoms with Gasteiger partial charge in [0, 0.05) is 25.9 Å². The van der Waals surface area contributed by atoms with Crippen LogP contribution in [0.25, 0.3) is 0 Å². The molecule has 0 bridgehead atoms. The molecule has 5 heteroatoms. The fourth-order valence-electron chi connectivity index (χ4n) is 1.24. The van der Waals surface area contributed by atoms with Gasteiger partial charge >= 0.3 is 0 Å². The van der Waals surface area contributed by atoms with E-state index in [0.29, 0.717) is 31.8 Å². The first kappa shape index (κ1) is 15.9. The Morgan fingerprint density at radius 2 is 1.65 bits per heavy atom. The van der Waals surface area contributed by atoms with Crippen molar-refractivity contribution in [1.29, 1.82) is 0 Å². The molecule has 0 fully saturated rings. The smallest absolute Gasteiger partial charge is 0.221 e. The topological polar surface area (TPSA) is 70.2 Å². The van der Waals surface area contributed by atoms with E-state index in [1.165, 1.54) is 0 Å². The molecule has 0 aromatic rings. The van der Waals surface area contributed by atoms with Crippen molar-refractivity contribution in [3.8, 4) is 0 Å². The molecule has 0 atom stereocenters. The maximum atomic E-state index is 11.3. The molecule has 100 valence electrons. The normalized spacial score (nSPS) is 10.4. The molecule has 0 aliphatic rings. The predicted octanol–water partition coefficient (Wildman–Crippen LogP) is 0.265. The van der Waals surface area contributed by atoms with Crippen LogP contribution in [-0.2, 0) is 9.59 Å². The van der Waals surface area contributed by atoms with Crippen molar-refractivity contribution in [3.05, 3.63) is 0 Å². The van der Waals surface area contributed by atoms with Crippen LogP contribution in [0.5, 0.6) is 0 Å². The molecule has 0 aliphatic heterocycles. The lowest BCUT2D eigenvalue weighted by atomic mass is 10.2. The summed E-state index contributed by atoms with van der Waals surface area (Å²) in [5.41, 5.74) is 0. The van der Waals surface area contributed by atoms with Crippen molar-refractivity contribution < 1.29 is 9.59 Å². The average molecular weight is 243 g/mol. The van der Waals surface area contributed by atoms with Crippen LogP contribution in [0, 0.1) is 5.92 Å². The average Bonchev–Trinajstić information content (AvgIpc) is 2.27. The van der Waals surface area contributed by atoms with Crippen molar-refractivity contribution in [2.75, 3.05) is 26.7 Å². The predicted molar refractivity (Wildman–Crippen MR) is 68.6 cm³/mol. The van der Waals surface area contributed by atoms with E-state index >= 15 is 0 Å². The fourth-order valence-corrected chi connectivity index (χ4v) is 1.24. The number of rotatable bonds is 9. The monoisotopic (exact) mass is 243 g/mol. The molecule has 17 heavy (non-hydrogen) atoms. The Morgan fingerprint density at radius 3 is 2.24 bits per heavy atom. The Balaban J connectivity index is 3.42. The molecule has 2 amide bonds. The second kappa shape index (κ2) is 10.1. The van der Waals surface area contributed by atoms with Gasteiger partial charge in [-0.2, -0.15) is 0 Å². The van der Waals surface area contributed by atoms with Gasteiger partial charge in [-0.05, 0) is 25.9 Å². The second-order valence-corrected chi connectivity index (χ2v) is 4.50. The van der Waals surface area contributed by atoms with Gasteiger partial charge in [0.15, 0.2) is 0 Å². The molecule has 0 saturated carbocycles. The van der Waals surface area contributed by atoms with Gasteiger partial charge in [0.05, 0.1) is 0 Å². The molecule has 0 aromatic heterocycles. The first-order valence-electron chi connectivity index (χ1n) is 6.24. The van der Waals surface area contributed by atoms with Crippen LogP contribution in [-0.4, -0.2) is 38.5 Å². The molecular weight excluding hydrogens is 218 g/mol. The molecule has 0 heterocycles. The van der Waals surface area contributed by atoms with Crippen molar-refractivity contribution in [2.45, 2.75) is 33.1 Å². The van der Waals surface area contributed by atoms with E-state index in [2.05, 4.69) is 16.0 Å². The van der Waals surface area contributed by atoms with E-state index in [1.54, 1.807) is 0 Å². The van der Waals surface area contributed by atoms with Gasteiger partial charge in [0.25, 0.3) is 0 Å². The summed E-state index contributed by atoms with van der Waals surface area (Å²) in [6.07, 6.45) is 1.68. The van der Waals surface area contributed by atoms with Crippen LogP contribution in [0.4, 0.5) is 0 Å². The van der Waals surface area contributed by atoms with Crippen molar-refractivity contribution in [3.63, 3.8) is 0 Å². The first-order valence-corrected chi connectivity index (χ1v) is 6.24. The van der Waals surface area contributed by atoms with Crippen LogP contribution >= 0.6 is 0 Å². The van der Waals surface area contributed by atoms with Gasteiger partial charge in [0.2, 0.25) is 11.8 Å². The third-order valence-corrected chi connectivity index (χ3v) is 2.21. The van der Waals surface area contributed by atoms with Crippen LogP contribution < -0.4 is 16.0 Å². The number of nitrogens with one attached hydrogen (secondary N) is 3. The molecule has 0 spiro atoms. The van der Waals surface area contributed by atoms with Crippen molar-refractivity contribution in [1.82, 2.24) is 16.0 Å². The number of carbonyl (C=O) groups excluding carboxylic acids is 2. The minimum atomic E-state index is -0.00535. The Bertz CT molecular complexity index is 230. The Hall–Kier alpha value is -1.10. The molecule has 0 aliphatic carbocycles. The lowest BCUT2D eigenvalue weighted by Crippen LogP contribution is -2.32. The molecule has 0 radical (unpaired) electrons. The first-order chi connectivity index (χ1) is 8.06. The summed E-state index contributed by atoms with van der Waals surface area (Å²) in [7, 11) is 1.86. The molecule has 3 N–H and O–H groups in total. The summed E-state index contributed by atoms with van der Waals surface area (Å²) in [4.78, 5) is 22.6. The quantitative estimate of drug-likeness (QED) is 0.509. The van der Waals surface area contributed by atoms with E-state index in [0.717, 1.165) is 13.0 Å². The zero-order valence-electron chi connectivity index (χ0n) is 11.1. The highest BCUT2D eigenvalue weighted by molar-refractivity contribution is 5.78. The van der Waals surface area contributed by atoms with Crippen LogP contribution in [0.1, 0.15) is 33.1 Å². The van der Waals surface area contributed by atoms with E-state index in [1.807, 2.05) is 20.9 Å². The SMILES string of the molecule is CNCCCC(=O)NCCC(=O)NCC(C)C. The van der Waals surface area contributed by atoms with E-state index < -0.39 is 0 Å². The number of carbonyl (C=O) groups is 2. The summed E-state index contributed by atoms with van der Waals surface area (Å²) >= 11 is 0. The molecule has 0 unspecified atom stereocenters. The highest BCUT2D eigenvalue weighted by Crippen LogP contribution is 1.89. The highest BCUT2D eigenvalue weighted by Gasteiger charge is 2.04. The van der Waals surface area contributed by atoms with Crippen molar-refractivity contribution >= 4 is 11.8 Å². The standard InChI is InChI=1S/C12H25N3O2/c1-10(2)9-15-12(17)6-8-14-11(16)5-4-7-13-3/h10,13H,4-9H2,1-3H3,(H,14,16)(H,15,17). The van der Waals surface area contributed by atoms with Crippen LogP contribution in [0.2, 0.25) is 0 Å². The van der Waals surface area contributed by atoms with Gasteiger partial charge in [-0.25, -0.2) is 0 Å². The molecule has 0 rings (SSSR count).